The van der Waals surface area contributed by atoms with Crippen molar-refractivity contribution in [3.8, 4) is 11.3 Å². The third kappa shape index (κ3) is 3.85. The SMILES string of the molecule is Cc1ccc(-c2nc(C)sc2CC(=O)N[C@H](C)c2cc3ccccc3o2)cc1. The molecule has 0 aliphatic carbocycles. The highest BCUT2D eigenvalue weighted by molar-refractivity contribution is 7.12. The first-order valence-electron chi connectivity index (χ1n) is 9.31. The van der Waals surface area contributed by atoms with Crippen molar-refractivity contribution in [3.05, 3.63) is 75.8 Å². The normalized spacial score (nSPS) is 12.2. The number of amides is 1. The number of para-hydroxylation sites is 1. The highest BCUT2D eigenvalue weighted by atomic mass is 32.1. The lowest BCUT2D eigenvalue weighted by atomic mass is 10.1. The van der Waals surface area contributed by atoms with Crippen molar-refractivity contribution in [3.63, 3.8) is 0 Å². The van der Waals surface area contributed by atoms with E-state index in [1.807, 2.05) is 44.2 Å². The molecule has 2 aromatic carbocycles. The topological polar surface area (TPSA) is 55.1 Å². The van der Waals surface area contributed by atoms with Gasteiger partial charge in [-0.1, -0.05) is 48.0 Å². The van der Waals surface area contributed by atoms with Gasteiger partial charge in [0.15, 0.2) is 0 Å². The highest BCUT2D eigenvalue weighted by Crippen LogP contribution is 2.29. The van der Waals surface area contributed by atoms with E-state index in [9.17, 15) is 4.79 Å². The zero-order chi connectivity index (χ0) is 19.7. The minimum Gasteiger partial charge on any atom is -0.459 e. The molecule has 0 bridgehead atoms. The van der Waals surface area contributed by atoms with Gasteiger partial charge in [-0.05, 0) is 32.9 Å². The molecule has 28 heavy (non-hydrogen) atoms. The maximum atomic E-state index is 12.7. The van der Waals surface area contributed by atoms with Crippen molar-refractivity contribution < 1.29 is 9.21 Å². The average molecular weight is 391 g/mol. The van der Waals surface area contributed by atoms with Gasteiger partial charge >= 0.3 is 0 Å². The summed E-state index contributed by atoms with van der Waals surface area (Å²) in [4.78, 5) is 18.3. The number of furan rings is 1. The maximum Gasteiger partial charge on any atom is 0.225 e. The molecule has 0 unspecified atom stereocenters. The number of benzene rings is 2. The summed E-state index contributed by atoms with van der Waals surface area (Å²) in [5.74, 6) is 0.721. The molecule has 0 spiro atoms. The Kier molecular flexibility index (Phi) is 5.01. The van der Waals surface area contributed by atoms with E-state index in [1.165, 1.54) is 5.56 Å². The van der Waals surface area contributed by atoms with Crippen molar-refractivity contribution in [1.82, 2.24) is 10.3 Å². The second-order valence-corrected chi connectivity index (χ2v) is 8.31. The monoisotopic (exact) mass is 390 g/mol. The van der Waals surface area contributed by atoms with Gasteiger partial charge < -0.3 is 9.73 Å². The number of rotatable bonds is 5. The molecule has 2 heterocycles. The van der Waals surface area contributed by atoms with E-state index >= 15 is 0 Å². The lowest BCUT2D eigenvalue weighted by Gasteiger charge is -2.11. The van der Waals surface area contributed by atoms with Gasteiger partial charge in [0.1, 0.15) is 11.3 Å². The van der Waals surface area contributed by atoms with E-state index in [2.05, 4.69) is 41.5 Å². The Morgan fingerprint density at radius 1 is 1.14 bits per heavy atom. The standard InChI is InChI=1S/C23H22N2O2S/c1-14-8-10-17(11-9-14)23-21(28-16(3)25-23)13-22(26)24-15(2)20-12-18-6-4-5-7-19(18)27-20/h4-12,15H,13H2,1-3H3,(H,24,26)/t15-/m1/s1. The van der Waals surface area contributed by atoms with Crippen LogP contribution in [0.5, 0.6) is 0 Å². The Morgan fingerprint density at radius 3 is 2.64 bits per heavy atom. The molecule has 4 nitrogen and oxygen atoms in total. The number of hydrogen-bond donors (Lipinski definition) is 1. The Labute approximate surface area is 168 Å². The van der Waals surface area contributed by atoms with E-state index in [0.717, 1.165) is 37.9 Å². The van der Waals surface area contributed by atoms with Crippen LogP contribution in [0.2, 0.25) is 0 Å². The molecule has 2 aromatic heterocycles. The smallest absolute Gasteiger partial charge is 0.225 e. The predicted molar refractivity (Wildman–Crippen MR) is 113 cm³/mol. The van der Waals surface area contributed by atoms with Crippen LogP contribution in [0.3, 0.4) is 0 Å². The van der Waals surface area contributed by atoms with E-state index in [-0.39, 0.29) is 11.9 Å². The van der Waals surface area contributed by atoms with Crippen molar-refractivity contribution in [2.24, 2.45) is 0 Å². The van der Waals surface area contributed by atoms with Gasteiger partial charge in [0.2, 0.25) is 5.91 Å². The van der Waals surface area contributed by atoms with Crippen LogP contribution in [0.1, 0.15) is 34.2 Å². The number of thiazole rings is 1. The molecule has 0 saturated carbocycles. The maximum absolute atomic E-state index is 12.7. The van der Waals surface area contributed by atoms with Crippen LogP contribution in [-0.2, 0) is 11.2 Å². The van der Waals surface area contributed by atoms with Crippen LogP contribution < -0.4 is 5.32 Å². The number of nitrogens with zero attached hydrogens (tertiary/aromatic N) is 1. The fourth-order valence-electron chi connectivity index (χ4n) is 3.25. The molecule has 5 heteroatoms. The van der Waals surface area contributed by atoms with Crippen molar-refractivity contribution in [2.45, 2.75) is 33.2 Å². The molecule has 0 fully saturated rings. The van der Waals surface area contributed by atoms with E-state index in [4.69, 9.17) is 4.42 Å². The van der Waals surface area contributed by atoms with E-state index in [1.54, 1.807) is 11.3 Å². The third-order valence-corrected chi connectivity index (χ3v) is 5.67. The van der Waals surface area contributed by atoms with Crippen LogP contribution in [-0.4, -0.2) is 10.9 Å². The molecule has 0 radical (unpaired) electrons. The minimum absolute atomic E-state index is 0.0371. The Morgan fingerprint density at radius 2 is 1.89 bits per heavy atom. The van der Waals surface area contributed by atoms with Gasteiger partial charge in [-0.25, -0.2) is 4.98 Å². The predicted octanol–water partition coefficient (Wildman–Crippen LogP) is 5.59. The number of aromatic nitrogens is 1. The van der Waals surface area contributed by atoms with Crippen LogP contribution in [0.25, 0.3) is 22.2 Å². The summed E-state index contributed by atoms with van der Waals surface area (Å²) < 4.78 is 5.86. The molecule has 1 N–H and O–H groups in total. The van der Waals surface area contributed by atoms with Crippen molar-refractivity contribution >= 4 is 28.2 Å². The quantitative estimate of drug-likeness (QED) is 0.483. The van der Waals surface area contributed by atoms with Gasteiger partial charge in [-0.2, -0.15) is 0 Å². The summed E-state index contributed by atoms with van der Waals surface area (Å²) in [6.45, 7) is 5.97. The average Bonchev–Trinajstić information content (AvgIpc) is 3.25. The summed E-state index contributed by atoms with van der Waals surface area (Å²) in [5.41, 5.74) is 3.98. The highest BCUT2D eigenvalue weighted by Gasteiger charge is 2.18. The fourth-order valence-corrected chi connectivity index (χ4v) is 4.21. The number of hydrogen-bond acceptors (Lipinski definition) is 4. The molecular formula is C23H22N2O2S. The summed E-state index contributed by atoms with van der Waals surface area (Å²) in [5, 5.41) is 5.05. The lowest BCUT2D eigenvalue weighted by molar-refractivity contribution is -0.121. The summed E-state index contributed by atoms with van der Waals surface area (Å²) >= 11 is 1.57. The van der Waals surface area contributed by atoms with E-state index in [0.29, 0.717) is 6.42 Å². The Hall–Kier alpha value is -2.92. The molecule has 142 valence electrons. The van der Waals surface area contributed by atoms with Gasteiger partial charge in [0, 0.05) is 15.8 Å². The second-order valence-electron chi connectivity index (χ2n) is 7.02. The molecule has 0 aliphatic heterocycles. The Bertz CT molecular complexity index is 1090. The van der Waals surface area contributed by atoms with Crippen molar-refractivity contribution in [1.29, 1.82) is 0 Å². The summed E-state index contributed by atoms with van der Waals surface area (Å²) in [7, 11) is 0. The van der Waals surface area contributed by atoms with Crippen LogP contribution in [0, 0.1) is 13.8 Å². The van der Waals surface area contributed by atoms with Crippen LogP contribution >= 0.6 is 11.3 Å². The lowest BCUT2D eigenvalue weighted by Crippen LogP contribution is -2.27. The van der Waals surface area contributed by atoms with Crippen molar-refractivity contribution in [2.75, 3.05) is 0 Å². The molecule has 1 amide bonds. The zero-order valence-corrected chi connectivity index (χ0v) is 17.0. The van der Waals surface area contributed by atoms with E-state index < -0.39 is 0 Å². The Balaban J connectivity index is 1.50. The van der Waals surface area contributed by atoms with Gasteiger partial charge in [-0.15, -0.1) is 11.3 Å². The van der Waals surface area contributed by atoms with Crippen LogP contribution in [0.4, 0.5) is 0 Å². The number of carbonyl (C=O) groups excluding carboxylic acids is 1. The molecule has 1 atom stereocenters. The largest absolute Gasteiger partial charge is 0.459 e. The first-order chi connectivity index (χ1) is 13.5. The first kappa shape index (κ1) is 18.4. The number of carbonyl (C=O) groups is 1. The molecule has 0 aliphatic rings. The van der Waals surface area contributed by atoms with Gasteiger partial charge in [-0.3, -0.25) is 4.79 Å². The third-order valence-electron chi connectivity index (χ3n) is 4.70. The molecule has 0 saturated heterocycles. The summed E-state index contributed by atoms with van der Waals surface area (Å²) in [6, 6.07) is 17.9. The number of fused-ring (bicyclic) bond motifs is 1. The zero-order valence-electron chi connectivity index (χ0n) is 16.2. The second kappa shape index (κ2) is 7.60. The first-order valence-corrected chi connectivity index (χ1v) is 10.1. The summed E-state index contributed by atoms with van der Waals surface area (Å²) in [6.07, 6.45) is 0.305. The van der Waals surface area contributed by atoms with Crippen LogP contribution in [0.15, 0.2) is 59.0 Å². The minimum atomic E-state index is -0.197. The number of aryl methyl sites for hydroxylation is 2. The van der Waals surface area contributed by atoms with Gasteiger partial charge in [0.25, 0.3) is 0 Å². The van der Waals surface area contributed by atoms with Gasteiger partial charge in [0.05, 0.1) is 23.2 Å². The molecule has 4 rings (SSSR count). The molecular weight excluding hydrogens is 368 g/mol. The molecule has 4 aromatic rings. The number of nitrogens with one attached hydrogen (secondary N) is 1. The fraction of sp³-hybridized carbons (Fsp3) is 0.217.